The maximum absolute atomic E-state index is 12.8. The SMILES string of the molecule is O=C1CC(c2ccccc2)c2c(nc(SCc3ccc(Cl)cc3)[nH]c2=O)N1. The second kappa shape index (κ2) is 7.58. The number of rotatable bonds is 4. The van der Waals surface area contributed by atoms with Crippen LogP contribution in [0.15, 0.2) is 64.5 Å². The fourth-order valence-corrected chi connectivity index (χ4v) is 4.06. The number of benzene rings is 2. The number of nitrogens with one attached hydrogen (secondary N) is 2. The van der Waals surface area contributed by atoms with Crippen LogP contribution in [0.1, 0.15) is 29.0 Å². The van der Waals surface area contributed by atoms with E-state index in [9.17, 15) is 9.59 Å². The fourth-order valence-electron chi connectivity index (χ4n) is 3.12. The van der Waals surface area contributed by atoms with Gasteiger partial charge in [0.15, 0.2) is 5.16 Å². The van der Waals surface area contributed by atoms with Crippen molar-refractivity contribution < 1.29 is 4.79 Å². The Hall–Kier alpha value is -2.57. The monoisotopic (exact) mass is 397 g/mol. The number of aromatic amines is 1. The van der Waals surface area contributed by atoms with Crippen molar-refractivity contribution in [1.29, 1.82) is 0 Å². The van der Waals surface area contributed by atoms with Crippen molar-refractivity contribution >= 4 is 35.1 Å². The standard InChI is InChI=1S/C20H16ClN3O2S/c21-14-8-6-12(7-9-14)11-27-20-23-18-17(19(26)24-20)15(10-16(25)22-18)13-4-2-1-3-5-13/h1-9,15H,10-11H2,(H2,22,23,24,25,26). The van der Waals surface area contributed by atoms with Gasteiger partial charge >= 0.3 is 0 Å². The second-order valence-corrected chi connectivity index (χ2v) is 7.66. The summed E-state index contributed by atoms with van der Waals surface area (Å²) < 4.78 is 0. The topological polar surface area (TPSA) is 74.8 Å². The largest absolute Gasteiger partial charge is 0.310 e. The molecule has 1 aromatic heterocycles. The van der Waals surface area contributed by atoms with Crippen molar-refractivity contribution in [2.24, 2.45) is 0 Å². The minimum atomic E-state index is -0.290. The Bertz CT molecular complexity index is 1040. The summed E-state index contributed by atoms with van der Waals surface area (Å²) in [5.41, 5.74) is 2.29. The Labute approximate surface area is 165 Å². The first-order chi connectivity index (χ1) is 13.1. The normalized spacial score (nSPS) is 15.9. The zero-order valence-electron chi connectivity index (χ0n) is 14.2. The molecule has 0 saturated carbocycles. The van der Waals surface area contributed by atoms with E-state index in [0.29, 0.717) is 27.3 Å². The van der Waals surface area contributed by atoms with E-state index in [1.54, 1.807) is 0 Å². The third-order valence-electron chi connectivity index (χ3n) is 4.42. The van der Waals surface area contributed by atoms with Crippen LogP contribution in [0.25, 0.3) is 0 Å². The maximum atomic E-state index is 12.8. The molecule has 5 nitrogen and oxygen atoms in total. The Morgan fingerprint density at radius 3 is 2.56 bits per heavy atom. The van der Waals surface area contributed by atoms with Crippen molar-refractivity contribution in [2.75, 3.05) is 5.32 Å². The summed E-state index contributed by atoms with van der Waals surface area (Å²) >= 11 is 7.30. The van der Waals surface area contributed by atoms with Crippen LogP contribution in [0, 0.1) is 0 Å². The van der Waals surface area contributed by atoms with E-state index in [1.807, 2.05) is 54.6 Å². The fraction of sp³-hybridized carbons (Fsp3) is 0.150. The Morgan fingerprint density at radius 1 is 1.07 bits per heavy atom. The smallest absolute Gasteiger partial charge is 0.257 e. The summed E-state index contributed by atoms with van der Waals surface area (Å²) in [6.45, 7) is 0. The third-order valence-corrected chi connectivity index (χ3v) is 5.62. The van der Waals surface area contributed by atoms with Gasteiger partial charge in [0.2, 0.25) is 5.91 Å². The van der Waals surface area contributed by atoms with Crippen LogP contribution in [0.4, 0.5) is 5.82 Å². The van der Waals surface area contributed by atoms with Gasteiger partial charge in [0, 0.05) is 23.1 Å². The number of hydrogen-bond donors (Lipinski definition) is 2. The first-order valence-corrected chi connectivity index (χ1v) is 9.83. The van der Waals surface area contributed by atoms with E-state index in [0.717, 1.165) is 11.1 Å². The Balaban J connectivity index is 1.64. The van der Waals surface area contributed by atoms with Gasteiger partial charge in [-0.2, -0.15) is 0 Å². The van der Waals surface area contributed by atoms with E-state index in [4.69, 9.17) is 11.6 Å². The molecule has 2 aromatic carbocycles. The number of carbonyl (C=O) groups excluding carboxylic acids is 1. The second-order valence-electron chi connectivity index (χ2n) is 6.26. The number of H-pyrrole nitrogens is 1. The lowest BCUT2D eigenvalue weighted by Gasteiger charge is -2.24. The molecule has 4 rings (SSSR count). The quantitative estimate of drug-likeness (QED) is 0.511. The molecular formula is C20H16ClN3O2S. The maximum Gasteiger partial charge on any atom is 0.257 e. The number of carbonyl (C=O) groups is 1. The van der Waals surface area contributed by atoms with Crippen molar-refractivity contribution in [3.63, 3.8) is 0 Å². The van der Waals surface area contributed by atoms with E-state index in [-0.39, 0.29) is 23.8 Å². The molecule has 1 atom stereocenters. The summed E-state index contributed by atoms with van der Waals surface area (Å²) in [5.74, 6) is 0.557. The lowest BCUT2D eigenvalue weighted by molar-refractivity contribution is -0.116. The van der Waals surface area contributed by atoms with Crippen LogP contribution in [0.5, 0.6) is 0 Å². The van der Waals surface area contributed by atoms with Crippen LogP contribution in [0.2, 0.25) is 5.02 Å². The summed E-state index contributed by atoms with van der Waals surface area (Å²) in [6.07, 6.45) is 0.235. The van der Waals surface area contributed by atoms with E-state index in [2.05, 4.69) is 15.3 Å². The molecule has 0 radical (unpaired) electrons. The molecule has 136 valence electrons. The highest BCUT2D eigenvalue weighted by Crippen LogP contribution is 2.34. The first kappa shape index (κ1) is 17.8. The average Bonchev–Trinajstić information content (AvgIpc) is 2.67. The van der Waals surface area contributed by atoms with Crippen molar-refractivity contribution in [2.45, 2.75) is 23.2 Å². The Kier molecular flexibility index (Phi) is 5.01. The molecule has 0 fully saturated rings. The highest BCUT2D eigenvalue weighted by Gasteiger charge is 2.30. The molecule has 0 saturated heterocycles. The van der Waals surface area contributed by atoms with Gasteiger partial charge in [-0.3, -0.25) is 9.59 Å². The molecule has 2 N–H and O–H groups in total. The number of fused-ring (bicyclic) bond motifs is 1. The van der Waals surface area contributed by atoms with Crippen LogP contribution in [0.3, 0.4) is 0 Å². The minimum absolute atomic E-state index is 0.136. The van der Waals surface area contributed by atoms with Gasteiger partial charge in [-0.1, -0.05) is 65.8 Å². The van der Waals surface area contributed by atoms with E-state index in [1.165, 1.54) is 11.8 Å². The number of hydrogen-bond acceptors (Lipinski definition) is 4. The zero-order chi connectivity index (χ0) is 18.8. The van der Waals surface area contributed by atoms with Gasteiger partial charge < -0.3 is 10.3 Å². The molecular weight excluding hydrogens is 382 g/mol. The lowest BCUT2D eigenvalue weighted by Crippen LogP contribution is -2.31. The number of aromatic nitrogens is 2. The van der Waals surface area contributed by atoms with Gasteiger partial charge in [0.25, 0.3) is 5.56 Å². The predicted octanol–water partition coefficient (Wildman–Crippen LogP) is 4.19. The van der Waals surface area contributed by atoms with Gasteiger partial charge in [-0.05, 0) is 23.3 Å². The number of halogens is 1. The third kappa shape index (κ3) is 3.91. The van der Waals surface area contributed by atoms with Crippen molar-refractivity contribution in [3.8, 4) is 0 Å². The van der Waals surface area contributed by atoms with Gasteiger partial charge in [0.1, 0.15) is 5.82 Å². The first-order valence-electron chi connectivity index (χ1n) is 8.46. The molecule has 3 aromatic rings. The molecule has 2 heterocycles. The molecule has 7 heteroatoms. The predicted molar refractivity (Wildman–Crippen MR) is 107 cm³/mol. The molecule has 1 aliphatic heterocycles. The van der Waals surface area contributed by atoms with Crippen LogP contribution < -0.4 is 10.9 Å². The number of thioether (sulfide) groups is 1. The van der Waals surface area contributed by atoms with Crippen LogP contribution >= 0.6 is 23.4 Å². The number of amides is 1. The minimum Gasteiger partial charge on any atom is -0.310 e. The molecule has 0 spiro atoms. The summed E-state index contributed by atoms with van der Waals surface area (Å²) in [5, 5.41) is 3.90. The summed E-state index contributed by atoms with van der Waals surface area (Å²) in [6, 6.07) is 17.1. The van der Waals surface area contributed by atoms with Crippen molar-refractivity contribution in [3.05, 3.63) is 86.7 Å². The van der Waals surface area contributed by atoms with Crippen LogP contribution in [-0.2, 0) is 10.5 Å². The van der Waals surface area contributed by atoms with Crippen LogP contribution in [-0.4, -0.2) is 15.9 Å². The van der Waals surface area contributed by atoms with E-state index >= 15 is 0 Å². The highest BCUT2D eigenvalue weighted by molar-refractivity contribution is 7.98. The van der Waals surface area contributed by atoms with Crippen molar-refractivity contribution in [1.82, 2.24) is 9.97 Å². The van der Waals surface area contributed by atoms with Gasteiger partial charge in [0.05, 0.1) is 5.56 Å². The zero-order valence-corrected chi connectivity index (χ0v) is 15.8. The Morgan fingerprint density at radius 2 is 1.81 bits per heavy atom. The average molecular weight is 398 g/mol. The lowest BCUT2D eigenvalue weighted by atomic mass is 9.87. The number of anilines is 1. The molecule has 1 unspecified atom stereocenters. The molecule has 1 amide bonds. The highest BCUT2D eigenvalue weighted by atomic mass is 35.5. The summed E-state index contributed by atoms with van der Waals surface area (Å²) in [4.78, 5) is 32.2. The van der Waals surface area contributed by atoms with E-state index < -0.39 is 0 Å². The molecule has 1 aliphatic rings. The van der Waals surface area contributed by atoms with Gasteiger partial charge in [-0.25, -0.2) is 4.98 Å². The molecule has 0 aliphatic carbocycles. The molecule has 0 bridgehead atoms. The molecule has 27 heavy (non-hydrogen) atoms. The number of nitrogens with zero attached hydrogens (tertiary/aromatic N) is 1. The van der Waals surface area contributed by atoms with Gasteiger partial charge in [-0.15, -0.1) is 0 Å². The summed E-state index contributed by atoms with van der Waals surface area (Å²) in [7, 11) is 0.